The number of rotatable bonds is 4. The normalized spacial score (nSPS) is 11.8. The molecule has 0 fully saturated rings. The zero-order valence-electron chi connectivity index (χ0n) is 27.7. The third-order valence-electron chi connectivity index (χ3n) is 10.1. The molecule has 3 aromatic heterocycles. The summed E-state index contributed by atoms with van der Waals surface area (Å²) in [5.41, 5.74) is 5.32. The highest BCUT2D eigenvalue weighted by Crippen LogP contribution is 2.41. The van der Waals surface area contributed by atoms with Gasteiger partial charge in [0.2, 0.25) is 0 Å². The third kappa shape index (κ3) is 4.67. The van der Waals surface area contributed by atoms with E-state index < -0.39 is 0 Å². The molecule has 11 aromatic rings. The Bertz CT molecular complexity index is 3190. The van der Waals surface area contributed by atoms with E-state index in [1.54, 1.807) is 0 Å². The molecule has 0 aliphatic rings. The van der Waals surface area contributed by atoms with E-state index in [9.17, 15) is 0 Å². The lowest BCUT2D eigenvalue weighted by Crippen LogP contribution is -2.00. The van der Waals surface area contributed by atoms with Crippen molar-refractivity contribution in [3.8, 4) is 45.3 Å². The van der Waals surface area contributed by atoms with Gasteiger partial charge in [-0.2, -0.15) is 0 Å². The number of aromatic nitrogens is 3. The van der Waals surface area contributed by atoms with Crippen molar-refractivity contribution >= 4 is 84.6 Å². The molecule has 52 heavy (non-hydrogen) atoms. The van der Waals surface area contributed by atoms with Crippen molar-refractivity contribution in [2.75, 3.05) is 0 Å². The third-order valence-corrected chi connectivity index (χ3v) is 12.5. The average molecular weight is 698 g/mol. The number of hydrogen-bond donors (Lipinski definition) is 0. The SMILES string of the molecule is c1ccc2c(c1)ccc1cccc(-c3nc(-c4ccc(-c5cccc6c5sc5ccccc56)cc4)nc(-c4ccc5sc6ccccc6c5c4)n3)c12. The summed E-state index contributed by atoms with van der Waals surface area (Å²) in [5, 5.41) is 9.76. The lowest BCUT2D eigenvalue weighted by Gasteiger charge is -2.12. The Morgan fingerprint density at radius 3 is 1.73 bits per heavy atom. The van der Waals surface area contributed by atoms with Crippen molar-refractivity contribution in [2.45, 2.75) is 0 Å². The van der Waals surface area contributed by atoms with Crippen LogP contribution in [0.3, 0.4) is 0 Å². The first-order chi connectivity index (χ1) is 25.7. The fourth-order valence-corrected chi connectivity index (χ4v) is 9.96. The second-order valence-electron chi connectivity index (χ2n) is 13.2. The highest BCUT2D eigenvalue weighted by Gasteiger charge is 2.17. The molecule has 0 radical (unpaired) electrons. The van der Waals surface area contributed by atoms with Crippen LogP contribution in [0.5, 0.6) is 0 Å². The van der Waals surface area contributed by atoms with E-state index in [2.05, 4.69) is 164 Å². The van der Waals surface area contributed by atoms with Crippen LogP contribution < -0.4 is 0 Å². The quantitative estimate of drug-likeness (QED) is 0.172. The number of nitrogens with zero attached hydrogens (tertiary/aromatic N) is 3. The largest absolute Gasteiger partial charge is 0.208 e. The van der Waals surface area contributed by atoms with Gasteiger partial charge in [0.25, 0.3) is 0 Å². The van der Waals surface area contributed by atoms with E-state index in [0.29, 0.717) is 17.5 Å². The molecular formula is C47H27N3S2. The number of benzene rings is 8. The number of thiophene rings is 2. The van der Waals surface area contributed by atoms with Crippen molar-refractivity contribution in [1.82, 2.24) is 15.0 Å². The monoisotopic (exact) mass is 697 g/mol. The first kappa shape index (κ1) is 29.5. The maximum atomic E-state index is 5.23. The summed E-state index contributed by atoms with van der Waals surface area (Å²) in [6.45, 7) is 0. The number of hydrogen-bond acceptors (Lipinski definition) is 5. The summed E-state index contributed by atoms with van der Waals surface area (Å²) in [6, 6.07) is 58.5. The highest BCUT2D eigenvalue weighted by atomic mass is 32.1. The Balaban J connectivity index is 1.11. The predicted octanol–water partition coefficient (Wildman–Crippen LogP) is 13.6. The molecule has 0 atom stereocenters. The summed E-state index contributed by atoms with van der Waals surface area (Å²) < 4.78 is 5.15. The van der Waals surface area contributed by atoms with Gasteiger partial charge in [0.05, 0.1) is 0 Å². The fraction of sp³-hybridized carbons (Fsp3) is 0. The van der Waals surface area contributed by atoms with E-state index >= 15 is 0 Å². The average Bonchev–Trinajstić information content (AvgIpc) is 3.79. The molecule has 242 valence electrons. The lowest BCUT2D eigenvalue weighted by atomic mass is 9.97. The first-order valence-electron chi connectivity index (χ1n) is 17.3. The molecule has 3 heterocycles. The molecule has 3 nitrogen and oxygen atoms in total. The van der Waals surface area contributed by atoms with Gasteiger partial charge in [-0.05, 0) is 57.6 Å². The molecule has 0 amide bonds. The van der Waals surface area contributed by atoms with Gasteiger partial charge in [0.15, 0.2) is 17.5 Å². The van der Waals surface area contributed by atoms with Crippen LogP contribution in [0.2, 0.25) is 0 Å². The van der Waals surface area contributed by atoms with Crippen LogP contribution in [-0.2, 0) is 0 Å². The molecule has 0 aliphatic carbocycles. The lowest BCUT2D eigenvalue weighted by molar-refractivity contribution is 1.08. The minimum atomic E-state index is 0.652. The highest BCUT2D eigenvalue weighted by molar-refractivity contribution is 7.26. The molecule has 0 saturated carbocycles. The van der Waals surface area contributed by atoms with E-state index in [1.807, 2.05) is 22.7 Å². The Morgan fingerprint density at radius 2 is 0.885 bits per heavy atom. The van der Waals surface area contributed by atoms with Crippen LogP contribution >= 0.6 is 22.7 Å². The molecular weight excluding hydrogens is 671 g/mol. The van der Waals surface area contributed by atoms with E-state index in [4.69, 9.17) is 15.0 Å². The second-order valence-corrected chi connectivity index (χ2v) is 15.3. The molecule has 5 heteroatoms. The van der Waals surface area contributed by atoms with Gasteiger partial charge >= 0.3 is 0 Å². The molecule has 0 saturated heterocycles. The Morgan fingerprint density at radius 1 is 0.327 bits per heavy atom. The van der Waals surface area contributed by atoms with Crippen molar-refractivity contribution in [1.29, 1.82) is 0 Å². The second kappa shape index (κ2) is 11.6. The molecule has 0 N–H and O–H groups in total. The van der Waals surface area contributed by atoms with E-state index in [-0.39, 0.29) is 0 Å². The topological polar surface area (TPSA) is 38.7 Å². The molecule has 0 unspecified atom stereocenters. The Labute approximate surface area is 307 Å². The molecule has 0 bridgehead atoms. The summed E-state index contributed by atoms with van der Waals surface area (Å²) in [5.74, 6) is 1.98. The zero-order valence-corrected chi connectivity index (χ0v) is 29.4. The van der Waals surface area contributed by atoms with E-state index in [1.165, 1.54) is 62.2 Å². The smallest absolute Gasteiger partial charge is 0.164 e. The minimum Gasteiger partial charge on any atom is -0.208 e. The van der Waals surface area contributed by atoms with Gasteiger partial charge < -0.3 is 0 Å². The fourth-order valence-electron chi connectivity index (χ4n) is 7.64. The maximum Gasteiger partial charge on any atom is 0.164 e. The van der Waals surface area contributed by atoms with Crippen molar-refractivity contribution < 1.29 is 0 Å². The summed E-state index contributed by atoms with van der Waals surface area (Å²) in [4.78, 5) is 15.6. The Hall–Kier alpha value is -6.27. The van der Waals surface area contributed by atoms with Crippen LogP contribution in [-0.4, -0.2) is 15.0 Å². The summed E-state index contributed by atoms with van der Waals surface area (Å²) >= 11 is 3.67. The molecule has 0 aliphatic heterocycles. The van der Waals surface area contributed by atoms with Crippen LogP contribution in [0, 0.1) is 0 Å². The maximum absolute atomic E-state index is 5.23. The van der Waals surface area contributed by atoms with Crippen molar-refractivity contribution in [2.24, 2.45) is 0 Å². The zero-order chi connectivity index (χ0) is 34.2. The van der Waals surface area contributed by atoms with Crippen LogP contribution in [0.15, 0.2) is 164 Å². The summed E-state index contributed by atoms with van der Waals surface area (Å²) in [6.07, 6.45) is 0. The molecule has 11 rings (SSSR count). The van der Waals surface area contributed by atoms with Crippen LogP contribution in [0.25, 0.3) is 107 Å². The Kier molecular flexibility index (Phi) is 6.59. The van der Waals surface area contributed by atoms with Gasteiger partial charge in [-0.25, -0.2) is 15.0 Å². The van der Waals surface area contributed by atoms with Crippen molar-refractivity contribution in [3.63, 3.8) is 0 Å². The standard InChI is InChI=1S/C47H27N3S2/c1-2-11-33-28(9-1)19-22-30-10-7-16-38(43(30)33)47-49-45(48-46(50-47)32-25-26-42-39(27-32)36-13-4-5-17-40(36)51-42)31-23-20-29(21-24-31)34-14-8-15-37-35-12-3-6-18-41(35)52-44(34)37/h1-27H. The molecule has 0 spiro atoms. The van der Waals surface area contributed by atoms with Gasteiger partial charge in [0, 0.05) is 62.4 Å². The predicted molar refractivity (Wildman–Crippen MR) is 222 cm³/mol. The van der Waals surface area contributed by atoms with Gasteiger partial charge in [-0.15, -0.1) is 22.7 Å². The van der Waals surface area contributed by atoms with E-state index in [0.717, 1.165) is 27.5 Å². The van der Waals surface area contributed by atoms with Crippen LogP contribution in [0.1, 0.15) is 0 Å². The first-order valence-corrected chi connectivity index (χ1v) is 19.0. The van der Waals surface area contributed by atoms with Crippen molar-refractivity contribution in [3.05, 3.63) is 164 Å². The van der Waals surface area contributed by atoms with Gasteiger partial charge in [-0.1, -0.05) is 133 Å². The number of fused-ring (bicyclic) bond motifs is 9. The molecule has 8 aromatic carbocycles. The van der Waals surface area contributed by atoms with Gasteiger partial charge in [-0.3, -0.25) is 0 Å². The van der Waals surface area contributed by atoms with Crippen LogP contribution in [0.4, 0.5) is 0 Å². The van der Waals surface area contributed by atoms with Gasteiger partial charge in [0.1, 0.15) is 0 Å². The summed E-state index contributed by atoms with van der Waals surface area (Å²) in [7, 11) is 0. The minimum absolute atomic E-state index is 0.652.